The van der Waals surface area contributed by atoms with Gasteiger partial charge in [-0.15, -0.1) is 0 Å². The molecule has 0 radical (unpaired) electrons. The van der Waals surface area contributed by atoms with Gasteiger partial charge in [-0.25, -0.2) is 0 Å². The highest BCUT2D eigenvalue weighted by molar-refractivity contribution is 6.30. The van der Waals surface area contributed by atoms with Crippen molar-refractivity contribution in [1.82, 2.24) is 0 Å². The molecule has 1 aromatic carbocycles. The fourth-order valence-corrected chi connectivity index (χ4v) is 1.93. The fraction of sp³-hybridized carbons (Fsp3) is 0.273. The maximum atomic E-state index is 5.93. The van der Waals surface area contributed by atoms with Gasteiger partial charge in [-0.05, 0) is 42.2 Å². The van der Waals surface area contributed by atoms with Crippen LogP contribution in [0.1, 0.15) is 18.1 Å². The Kier molecular flexibility index (Phi) is 2.14. The number of hydrogen-bond acceptors (Lipinski definition) is 1. The van der Waals surface area contributed by atoms with Crippen LogP contribution < -0.4 is 5.73 Å². The van der Waals surface area contributed by atoms with Gasteiger partial charge in [-0.3, -0.25) is 0 Å². The summed E-state index contributed by atoms with van der Waals surface area (Å²) in [5, 5.41) is 0.784. The minimum absolute atomic E-state index is 0.0970. The van der Waals surface area contributed by atoms with E-state index in [0.29, 0.717) is 0 Å². The zero-order valence-corrected chi connectivity index (χ0v) is 8.31. The van der Waals surface area contributed by atoms with Crippen LogP contribution >= 0.6 is 11.6 Å². The first-order valence-electron chi connectivity index (χ1n) is 4.43. The standard InChI is InChI=1S/C11H12ClN/c1-7(13)10-5-3-8-2-4-9(12)6-11(8)10/h2,4-7H,3,13H2,1H3. The zero-order chi connectivity index (χ0) is 9.42. The van der Waals surface area contributed by atoms with Gasteiger partial charge in [0.05, 0.1) is 0 Å². The van der Waals surface area contributed by atoms with E-state index in [1.165, 1.54) is 16.7 Å². The maximum Gasteiger partial charge on any atom is 0.0412 e. The molecule has 2 N–H and O–H groups in total. The fourth-order valence-electron chi connectivity index (χ4n) is 1.76. The van der Waals surface area contributed by atoms with Crippen molar-refractivity contribution in [2.45, 2.75) is 19.4 Å². The van der Waals surface area contributed by atoms with Crippen LogP contribution in [-0.2, 0) is 6.42 Å². The molecule has 1 aliphatic rings. The largest absolute Gasteiger partial charge is 0.324 e. The summed E-state index contributed by atoms with van der Waals surface area (Å²) in [6.45, 7) is 2.00. The predicted octanol–water partition coefficient (Wildman–Crippen LogP) is 2.63. The van der Waals surface area contributed by atoms with Gasteiger partial charge in [0, 0.05) is 11.1 Å². The summed E-state index contributed by atoms with van der Waals surface area (Å²) in [4.78, 5) is 0. The molecule has 2 rings (SSSR count). The van der Waals surface area contributed by atoms with Crippen molar-refractivity contribution < 1.29 is 0 Å². The summed E-state index contributed by atoms with van der Waals surface area (Å²) in [6, 6.07) is 6.10. The third kappa shape index (κ3) is 1.50. The van der Waals surface area contributed by atoms with Crippen molar-refractivity contribution in [3.8, 4) is 0 Å². The van der Waals surface area contributed by atoms with E-state index in [-0.39, 0.29) is 6.04 Å². The number of fused-ring (bicyclic) bond motifs is 1. The van der Waals surface area contributed by atoms with Crippen LogP contribution in [0.25, 0.3) is 5.57 Å². The lowest BCUT2D eigenvalue weighted by atomic mass is 10.0. The van der Waals surface area contributed by atoms with Gasteiger partial charge in [0.1, 0.15) is 0 Å². The number of benzene rings is 1. The lowest BCUT2D eigenvalue weighted by molar-refractivity contribution is 0.949. The summed E-state index contributed by atoms with van der Waals surface area (Å²) in [7, 11) is 0. The predicted molar refractivity (Wildman–Crippen MR) is 56.8 cm³/mol. The van der Waals surface area contributed by atoms with E-state index in [0.717, 1.165) is 11.4 Å². The first-order chi connectivity index (χ1) is 6.18. The van der Waals surface area contributed by atoms with Gasteiger partial charge in [-0.2, -0.15) is 0 Å². The molecule has 1 aromatic rings. The van der Waals surface area contributed by atoms with Crippen molar-refractivity contribution in [3.05, 3.63) is 40.4 Å². The first-order valence-corrected chi connectivity index (χ1v) is 4.80. The third-order valence-electron chi connectivity index (χ3n) is 2.42. The molecule has 0 aliphatic heterocycles. The topological polar surface area (TPSA) is 26.0 Å². The third-order valence-corrected chi connectivity index (χ3v) is 2.65. The molecule has 68 valence electrons. The zero-order valence-electron chi connectivity index (χ0n) is 7.55. The SMILES string of the molecule is CC(N)C1=CCc2ccc(Cl)cc21. The monoisotopic (exact) mass is 193 g/mol. The van der Waals surface area contributed by atoms with E-state index < -0.39 is 0 Å². The minimum Gasteiger partial charge on any atom is -0.324 e. The van der Waals surface area contributed by atoms with Crippen LogP contribution in [0, 0.1) is 0 Å². The molecule has 0 bridgehead atoms. The summed E-state index contributed by atoms with van der Waals surface area (Å²) in [5.74, 6) is 0. The molecule has 2 heteroatoms. The summed E-state index contributed by atoms with van der Waals surface area (Å²) in [5.41, 5.74) is 9.63. The highest BCUT2D eigenvalue weighted by atomic mass is 35.5. The van der Waals surface area contributed by atoms with E-state index in [2.05, 4.69) is 12.1 Å². The Morgan fingerprint density at radius 1 is 1.46 bits per heavy atom. The van der Waals surface area contributed by atoms with Crippen LogP contribution in [0.2, 0.25) is 5.02 Å². The Morgan fingerprint density at radius 2 is 2.23 bits per heavy atom. The second kappa shape index (κ2) is 3.17. The number of allylic oxidation sites excluding steroid dienone is 1. The van der Waals surface area contributed by atoms with E-state index in [1.54, 1.807) is 0 Å². The van der Waals surface area contributed by atoms with Gasteiger partial charge in [0.2, 0.25) is 0 Å². The van der Waals surface area contributed by atoms with Crippen molar-refractivity contribution in [3.63, 3.8) is 0 Å². The number of nitrogens with two attached hydrogens (primary N) is 1. The second-order valence-corrected chi connectivity index (χ2v) is 3.89. The number of halogens is 1. The Morgan fingerprint density at radius 3 is 2.92 bits per heavy atom. The average Bonchev–Trinajstić information content (AvgIpc) is 2.46. The molecule has 0 spiro atoms. The maximum absolute atomic E-state index is 5.93. The van der Waals surface area contributed by atoms with E-state index in [1.807, 2.05) is 19.1 Å². The molecule has 13 heavy (non-hydrogen) atoms. The Hall–Kier alpha value is -0.790. The van der Waals surface area contributed by atoms with Gasteiger partial charge < -0.3 is 5.73 Å². The molecular formula is C11H12ClN. The number of rotatable bonds is 1. The van der Waals surface area contributed by atoms with E-state index in [4.69, 9.17) is 17.3 Å². The van der Waals surface area contributed by atoms with Gasteiger partial charge in [-0.1, -0.05) is 23.7 Å². The molecule has 0 amide bonds. The lowest BCUT2D eigenvalue weighted by Gasteiger charge is -2.09. The lowest BCUT2D eigenvalue weighted by Crippen LogP contribution is -2.15. The molecule has 0 fully saturated rings. The average molecular weight is 194 g/mol. The van der Waals surface area contributed by atoms with Crippen molar-refractivity contribution in [2.24, 2.45) is 5.73 Å². The molecule has 0 saturated carbocycles. The van der Waals surface area contributed by atoms with Crippen LogP contribution in [0.15, 0.2) is 24.3 Å². The molecule has 1 unspecified atom stereocenters. The second-order valence-electron chi connectivity index (χ2n) is 3.45. The quantitative estimate of drug-likeness (QED) is 0.729. The Balaban J connectivity index is 2.48. The number of hydrogen-bond donors (Lipinski definition) is 1. The van der Waals surface area contributed by atoms with Gasteiger partial charge in [0.15, 0.2) is 0 Å². The van der Waals surface area contributed by atoms with Gasteiger partial charge >= 0.3 is 0 Å². The molecule has 1 aliphatic carbocycles. The van der Waals surface area contributed by atoms with E-state index in [9.17, 15) is 0 Å². The molecule has 1 atom stereocenters. The van der Waals surface area contributed by atoms with Crippen molar-refractivity contribution in [1.29, 1.82) is 0 Å². The summed E-state index contributed by atoms with van der Waals surface area (Å²) < 4.78 is 0. The van der Waals surface area contributed by atoms with Crippen LogP contribution in [0.3, 0.4) is 0 Å². The van der Waals surface area contributed by atoms with E-state index >= 15 is 0 Å². The Bertz CT molecular complexity index is 366. The highest BCUT2D eigenvalue weighted by Crippen LogP contribution is 2.31. The van der Waals surface area contributed by atoms with Crippen molar-refractivity contribution in [2.75, 3.05) is 0 Å². The minimum atomic E-state index is 0.0970. The first kappa shape index (κ1) is 8.79. The van der Waals surface area contributed by atoms with Crippen LogP contribution in [0.5, 0.6) is 0 Å². The molecule has 0 aromatic heterocycles. The highest BCUT2D eigenvalue weighted by Gasteiger charge is 2.16. The smallest absolute Gasteiger partial charge is 0.0412 e. The molecule has 0 saturated heterocycles. The summed E-state index contributed by atoms with van der Waals surface area (Å²) >= 11 is 5.93. The Labute approximate surface area is 83.2 Å². The summed E-state index contributed by atoms with van der Waals surface area (Å²) in [6.07, 6.45) is 3.18. The normalized spacial score (nSPS) is 16.7. The van der Waals surface area contributed by atoms with Crippen LogP contribution in [0.4, 0.5) is 0 Å². The van der Waals surface area contributed by atoms with Gasteiger partial charge in [0.25, 0.3) is 0 Å². The molecule has 0 heterocycles. The van der Waals surface area contributed by atoms with Crippen molar-refractivity contribution >= 4 is 17.2 Å². The van der Waals surface area contributed by atoms with Crippen LogP contribution in [-0.4, -0.2) is 6.04 Å². The molecular weight excluding hydrogens is 182 g/mol. The molecule has 1 nitrogen and oxygen atoms in total.